The van der Waals surface area contributed by atoms with Crippen LogP contribution in [0.1, 0.15) is 25.8 Å². The van der Waals surface area contributed by atoms with Gasteiger partial charge in [-0.1, -0.05) is 19.9 Å². The number of hydrogen-bond donors (Lipinski definition) is 2. The maximum atomic E-state index is 13.5. The number of benzene rings is 1. The second-order valence-corrected chi connectivity index (χ2v) is 4.91. The van der Waals surface area contributed by atoms with E-state index in [1.54, 1.807) is 7.05 Å². The molecule has 0 spiro atoms. The number of amides is 1. The fourth-order valence-electron chi connectivity index (χ4n) is 1.83. The summed E-state index contributed by atoms with van der Waals surface area (Å²) in [6, 6.07) is 3.05. The number of likely N-dealkylation sites (N-methyl/N-ethyl adjacent to an activating group) is 1. The second kappa shape index (κ2) is 7.19. The van der Waals surface area contributed by atoms with Gasteiger partial charge in [0, 0.05) is 25.2 Å². The normalized spacial score (nSPS) is 12.5. The van der Waals surface area contributed by atoms with Crippen LogP contribution >= 0.6 is 0 Å². The van der Waals surface area contributed by atoms with Crippen molar-refractivity contribution in [2.75, 3.05) is 7.05 Å². The lowest BCUT2D eigenvalue weighted by Gasteiger charge is -2.19. The first-order chi connectivity index (χ1) is 8.93. The molecule has 0 aliphatic carbocycles. The van der Waals surface area contributed by atoms with E-state index in [0.29, 0.717) is 17.9 Å². The predicted octanol–water partition coefficient (Wildman–Crippen LogP) is 2.22. The molecule has 19 heavy (non-hydrogen) atoms. The summed E-state index contributed by atoms with van der Waals surface area (Å²) in [5, 5.41) is 5.58. The van der Waals surface area contributed by atoms with Crippen molar-refractivity contribution in [3.8, 4) is 0 Å². The molecular formula is C14H20F2N2O. The molecule has 3 nitrogen and oxygen atoms in total. The fourth-order valence-corrected chi connectivity index (χ4v) is 1.83. The Morgan fingerprint density at radius 2 is 2.00 bits per heavy atom. The standard InChI is InChI=1S/C14H20F2N2O/c1-9(2)6-13(14(19)17-3)18-8-10-4-5-11(15)7-12(10)16/h4-5,7,9,13,18H,6,8H2,1-3H3,(H,17,19). The SMILES string of the molecule is CNC(=O)C(CC(C)C)NCc1ccc(F)cc1F. The quantitative estimate of drug-likeness (QED) is 0.832. The molecular weight excluding hydrogens is 250 g/mol. The summed E-state index contributed by atoms with van der Waals surface area (Å²) < 4.78 is 26.2. The summed E-state index contributed by atoms with van der Waals surface area (Å²) in [4.78, 5) is 11.7. The molecule has 5 heteroatoms. The van der Waals surface area contributed by atoms with Crippen LogP contribution in [0.2, 0.25) is 0 Å². The highest BCUT2D eigenvalue weighted by atomic mass is 19.1. The van der Waals surface area contributed by atoms with E-state index in [0.717, 1.165) is 6.07 Å². The first-order valence-electron chi connectivity index (χ1n) is 6.33. The number of hydrogen-bond acceptors (Lipinski definition) is 2. The van der Waals surface area contributed by atoms with E-state index in [4.69, 9.17) is 0 Å². The first kappa shape index (κ1) is 15.6. The highest BCUT2D eigenvalue weighted by molar-refractivity contribution is 5.81. The molecule has 0 fully saturated rings. The summed E-state index contributed by atoms with van der Waals surface area (Å²) >= 11 is 0. The summed E-state index contributed by atoms with van der Waals surface area (Å²) in [5.74, 6) is -0.997. The molecule has 0 radical (unpaired) electrons. The van der Waals surface area contributed by atoms with Gasteiger partial charge < -0.3 is 10.6 Å². The van der Waals surface area contributed by atoms with Crippen molar-refractivity contribution >= 4 is 5.91 Å². The largest absolute Gasteiger partial charge is 0.358 e. The molecule has 0 aromatic heterocycles. The molecule has 0 heterocycles. The lowest BCUT2D eigenvalue weighted by molar-refractivity contribution is -0.123. The van der Waals surface area contributed by atoms with Gasteiger partial charge in [0.1, 0.15) is 11.6 Å². The number of halogens is 2. The minimum atomic E-state index is -0.605. The Bertz CT molecular complexity index is 435. The third-order valence-corrected chi connectivity index (χ3v) is 2.82. The van der Waals surface area contributed by atoms with Crippen molar-refractivity contribution in [2.24, 2.45) is 5.92 Å². The Balaban J connectivity index is 2.67. The zero-order chi connectivity index (χ0) is 14.4. The van der Waals surface area contributed by atoms with Crippen molar-refractivity contribution in [1.29, 1.82) is 0 Å². The smallest absolute Gasteiger partial charge is 0.236 e. The zero-order valence-corrected chi connectivity index (χ0v) is 11.5. The Labute approximate surface area is 112 Å². The maximum Gasteiger partial charge on any atom is 0.236 e. The third-order valence-electron chi connectivity index (χ3n) is 2.82. The van der Waals surface area contributed by atoms with Gasteiger partial charge in [0.05, 0.1) is 6.04 Å². The van der Waals surface area contributed by atoms with Crippen molar-refractivity contribution in [1.82, 2.24) is 10.6 Å². The van der Waals surface area contributed by atoms with Crippen LogP contribution in [0, 0.1) is 17.6 Å². The Kier molecular flexibility index (Phi) is 5.89. The molecule has 2 N–H and O–H groups in total. The molecule has 1 amide bonds. The Morgan fingerprint density at radius 1 is 1.32 bits per heavy atom. The Morgan fingerprint density at radius 3 is 2.53 bits per heavy atom. The molecule has 106 valence electrons. The number of carbonyl (C=O) groups is 1. The lowest BCUT2D eigenvalue weighted by atomic mass is 10.0. The van der Waals surface area contributed by atoms with E-state index >= 15 is 0 Å². The molecule has 1 rings (SSSR count). The zero-order valence-electron chi connectivity index (χ0n) is 11.5. The Hall–Kier alpha value is -1.49. The van der Waals surface area contributed by atoms with Gasteiger partial charge in [-0.05, 0) is 18.4 Å². The molecule has 1 aromatic rings. The summed E-state index contributed by atoms with van der Waals surface area (Å²) in [6.07, 6.45) is 0.655. The highest BCUT2D eigenvalue weighted by Gasteiger charge is 2.18. The molecule has 0 aliphatic heterocycles. The van der Waals surface area contributed by atoms with E-state index in [9.17, 15) is 13.6 Å². The minimum absolute atomic E-state index is 0.129. The van der Waals surface area contributed by atoms with E-state index in [-0.39, 0.29) is 18.5 Å². The van der Waals surface area contributed by atoms with Crippen molar-refractivity contribution < 1.29 is 13.6 Å². The summed E-state index contributed by atoms with van der Waals surface area (Å²) in [5.41, 5.74) is 0.346. The molecule has 0 aliphatic rings. The first-order valence-corrected chi connectivity index (χ1v) is 6.33. The van der Waals surface area contributed by atoms with Gasteiger partial charge in [-0.2, -0.15) is 0 Å². The van der Waals surface area contributed by atoms with Gasteiger partial charge in [0.15, 0.2) is 0 Å². The van der Waals surface area contributed by atoms with Crippen LogP contribution in [0.15, 0.2) is 18.2 Å². The van der Waals surface area contributed by atoms with Crippen LogP contribution in [0.25, 0.3) is 0 Å². The van der Waals surface area contributed by atoms with Gasteiger partial charge in [0.2, 0.25) is 5.91 Å². The van der Waals surface area contributed by atoms with Gasteiger partial charge in [-0.15, -0.1) is 0 Å². The van der Waals surface area contributed by atoms with E-state index in [1.807, 2.05) is 13.8 Å². The summed E-state index contributed by atoms with van der Waals surface area (Å²) in [6.45, 7) is 4.21. The highest BCUT2D eigenvalue weighted by Crippen LogP contribution is 2.11. The molecule has 1 atom stereocenters. The van der Waals surface area contributed by atoms with Crippen LogP contribution in [0.4, 0.5) is 8.78 Å². The second-order valence-electron chi connectivity index (χ2n) is 4.91. The average molecular weight is 270 g/mol. The van der Waals surface area contributed by atoms with Gasteiger partial charge >= 0.3 is 0 Å². The molecule has 0 saturated carbocycles. The number of rotatable bonds is 6. The lowest BCUT2D eigenvalue weighted by Crippen LogP contribution is -2.43. The van der Waals surface area contributed by atoms with Crippen molar-refractivity contribution in [3.63, 3.8) is 0 Å². The average Bonchev–Trinajstić information content (AvgIpc) is 2.34. The van der Waals surface area contributed by atoms with Crippen LogP contribution in [-0.2, 0) is 11.3 Å². The van der Waals surface area contributed by atoms with E-state index in [1.165, 1.54) is 12.1 Å². The third kappa shape index (κ3) is 4.95. The molecule has 1 aromatic carbocycles. The molecule has 0 saturated heterocycles. The topological polar surface area (TPSA) is 41.1 Å². The van der Waals surface area contributed by atoms with Gasteiger partial charge in [-0.3, -0.25) is 4.79 Å². The van der Waals surface area contributed by atoms with Crippen LogP contribution < -0.4 is 10.6 Å². The predicted molar refractivity (Wildman–Crippen MR) is 70.5 cm³/mol. The van der Waals surface area contributed by atoms with Crippen molar-refractivity contribution in [3.05, 3.63) is 35.4 Å². The monoisotopic (exact) mass is 270 g/mol. The minimum Gasteiger partial charge on any atom is -0.358 e. The van der Waals surface area contributed by atoms with Crippen LogP contribution in [-0.4, -0.2) is 19.0 Å². The van der Waals surface area contributed by atoms with Gasteiger partial charge in [-0.25, -0.2) is 8.78 Å². The van der Waals surface area contributed by atoms with Crippen molar-refractivity contribution in [2.45, 2.75) is 32.9 Å². The summed E-state index contributed by atoms with van der Waals surface area (Å²) in [7, 11) is 1.57. The molecule has 1 unspecified atom stereocenters. The molecule has 0 bridgehead atoms. The van der Waals surface area contributed by atoms with E-state index < -0.39 is 11.6 Å². The van der Waals surface area contributed by atoms with Gasteiger partial charge in [0.25, 0.3) is 0 Å². The number of nitrogens with one attached hydrogen (secondary N) is 2. The van der Waals surface area contributed by atoms with Crippen LogP contribution in [0.3, 0.4) is 0 Å². The fraction of sp³-hybridized carbons (Fsp3) is 0.500. The number of carbonyl (C=O) groups excluding carboxylic acids is 1. The maximum absolute atomic E-state index is 13.5. The van der Waals surface area contributed by atoms with E-state index in [2.05, 4.69) is 10.6 Å². The van der Waals surface area contributed by atoms with Crippen LogP contribution in [0.5, 0.6) is 0 Å².